The van der Waals surface area contributed by atoms with Crippen LogP contribution in [0.3, 0.4) is 0 Å². The quantitative estimate of drug-likeness (QED) is 0.551. The summed E-state index contributed by atoms with van der Waals surface area (Å²) in [5.41, 5.74) is 2.28. The van der Waals surface area contributed by atoms with Gasteiger partial charge >= 0.3 is 5.97 Å². The van der Waals surface area contributed by atoms with Crippen LogP contribution in [0.25, 0.3) is 0 Å². The predicted octanol–water partition coefficient (Wildman–Crippen LogP) is 4.35. The molecule has 25 heavy (non-hydrogen) atoms. The summed E-state index contributed by atoms with van der Waals surface area (Å²) in [5, 5.41) is 0. The average molecular weight is 346 g/mol. The van der Waals surface area contributed by atoms with Crippen LogP contribution in [0, 0.1) is 11.8 Å². The number of rotatable bonds is 2. The normalized spacial score (nSPS) is 27.4. The summed E-state index contributed by atoms with van der Waals surface area (Å²) < 4.78 is 4.81. The lowest BCUT2D eigenvalue weighted by Gasteiger charge is -2.20. The molecule has 1 atom stereocenters. The van der Waals surface area contributed by atoms with Crippen molar-refractivity contribution in [2.24, 2.45) is 11.8 Å². The zero-order valence-corrected chi connectivity index (χ0v) is 16.1. The molecule has 0 fully saturated rings. The molecule has 0 heterocycles. The maximum absolute atomic E-state index is 12.7. The SMILES string of the molecule is COC(=O)/C1=C/C/C=C(\C)CC/C=C(\C)C(=O)C[C@H](C(C)C)C(=O)C1. The lowest BCUT2D eigenvalue weighted by Crippen LogP contribution is -2.25. The monoisotopic (exact) mass is 346 g/mol. The Morgan fingerprint density at radius 3 is 2.44 bits per heavy atom. The van der Waals surface area contributed by atoms with Crippen molar-refractivity contribution in [3.05, 3.63) is 34.9 Å². The van der Waals surface area contributed by atoms with Crippen molar-refractivity contribution in [3.63, 3.8) is 0 Å². The van der Waals surface area contributed by atoms with Gasteiger partial charge in [-0.3, -0.25) is 9.59 Å². The molecule has 0 saturated heterocycles. The summed E-state index contributed by atoms with van der Waals surface area (Å²) in [4.78, 5) is 37.2. The van der Waals surface area contributed by atoms with E-state index in [4.69, 9.17) is 4.74 Å². The molecule has 0 aromatic carbocycles. The lowest BCUT2D eigenvalue weighted by molar-refractivity contribution is -0.137. The molecular formula is C21H30O4. The Kier molecular flexibility index (Phi) is 8.53. The molecule has 1 aliphatic rings. The largest absolute Gasteiger partial charge is 0.466 e. The molecular weight excluding hydrogens is 316 g/mol. The fraction of sp³-hybridized carbons (Fsp3) is 0.571. The molecule has 4 nitrogen and oxygen atoms in total. The van der Waals surface area contributed by atoms with Crippen LogP contribution in [-0.2, 0) is 19.1 Å². The Morgan fingerprint density at radius 2 is 1.84 bits per heavy atom. The van der Waals surface area contributed by atoms with Crippen molar-refractivity contribution < 1.29 is 19.1 Å². The summed E-state index contributed by atoms with van der Waals surface area (Å²) >= 11 is 0. The number of allylic oxidation sites excluding steroid dienone is 5. The molecule has 4 heteroatoms. The van der Waals surface area contributed by atoms with E-state index in [9.17, 15) is 14.4 Å². The molecule has 0 N–H and O–H groups in total. The molecule has 0 radical (unpaired) electrons. The van der Waals surface area contributed by atoms with E-state index in [0.29, 0.717) is 17.6 Å². The molecule has 1 aliphatic carbocycles. The Bertz CT molecular complexity index is 605. The molecule has 0 unspecified atom stereocenters. The van der Waals surface area contributed by atoms with E-state index in [1.165, 1.54) is 12.7 Å². The second-order valence-electron chi connectivity index (χ2n) is 7.05. The first-order valence-corrected chi connectivity index (χ1v) is 8.91. The van der Waals surface area contributed by atoms with Crippen LogP contribution < -0.4 is 0 Å². The van der Waals surface area contributed by atoms with Gasteiger partial charge < -0.3 is 4.74 Å². The van der Waals surface area contributed by atoms with Crippen LogP contribution in [0.15, 0.2) is 34.9 Å². The zero-order chi connectivity index (χ0) is 19.0. The van der Waals surface area contributed by atoms with Gasteiger partial charge in [-0.1, -0.05) is 37.6 Å². The molecule has 1 rings (SSSR count). The third kappa shape index (κ3) is 6.81. The van der Waals surface area contributed by atoms with E-state index in [-0.39, 0.29) is 36.2 Å². The second kappa shape index (κ2) is 10.1. The van der Waals surface area contributed by atoms with E-state index in [1.807, 2.05) is 39.8 Å². The van der Waals surface area contributed by atoms with Crippen molar-refractivity contribution in [2.45, 2.75) is 59.8 Å². The Labute approximate surface area is 151 Å². The number of ether oxygens (including phenoxy) is 1. The lowest BCUT2D eigenvalue weighted by atomic mass is 9.83. The summed E-state index contributed by atoms with van der Waals surface area (Å²) in [6.45, 7) is 7.72. The van der Waals surface area contributed by atoms with Gasteiger partial charge in [0.15, 0.2) is 5.78 Å². The molecule has 0 saturated carbocycles. The minimum atomic E-state index is -0.476. The fourth-order valence-corrected chi connectivity index (χ4v) is 2.89. The Hall–Kier alpha value is -1.97. The highest BCUT2D eigenvalue weighted by Crippen LogP contribution is 2.23. The number of hydrogen-bond donors (Lipinski definition) is 0. The third-order valence-corrected chi connectivity index (χ3v) is 4.70. The number of ketones is 2. The highest BCUT2D eigenvalue weighted by Gasteiger charge is 2.27. The van der Waals surface area contributed by atoms with Gasteiger partial charge in [0.2, 0.25) is 0 Å². The minimum absolute atomic E-state index is 0.00865. The van der Waals surface area contributed by atoms with Crippen molar-refractivity contribution >= 4 is 17.5 Å². The van der Waals surface area contributed by atoms with Gasteiger partial charge in [-0.05, 0) is 44.6 Å². The van der Waals surface area contributed by atoms with Gasteiger partial charge in [0, 0.05) is 24.3 Å². The average Bonchev–Trinajstić information content (AvgIpc) is 2.56. The van der Waals surface area contributed by atoms with Gasteiger partial charge in [0.05, 0.1) is 7.11 Å². The molecule has 0 aromatic rings. The molecule has 0 amide bonds. The standard InChI is InChI=1S/C21H30O4/c1-14(2)18-13-19(22)16(4)10-6-8-15(3)9-7-11-17(12-20(18)23)21(24)25-5/h9-11,14,18H,6-8,12-13H2,1-5H3/b15-9+,16-10+,17-11+/t18-/m1/s1. The number of carbonyl (C=O) groups is 3. The molecule has 0 bridgehead atoms. The maximum atomic E-state index is 12.7. The van der Waals surface area contributed by atoms with Crippen LogP contribution in [0.2, 0.25) is 0 Å². The number of carbonyl (C=O) groups excluding carboxylic acids is 3. The first-order valence-electron chi connectivity index (χ1n) is 8.91. The van der Waals surface area contributed by atoms with Crippen molar-refractivity contribution in [2.75, 3.05) is 7.11 Å². The second-order valence-corrected chi connectivity index (χ2v) is 7.05. The molecule has 0 spiro atoms. The zero-order valence-electron chi connectivity index (χ0n) is 16.1. The maximum Gasteiger partial charge on any atom is 0.333 e. The van der Waals surface area contributed by atoms with Gasteiger partial charge in [-0.15, -0.1) is 0 Å². The van der Waals surface area contributed by atoms with Crippen molar-refractivity contribution in [1.29, 1.82) is 0 Å². The van der Waals surface area contributed by atoms with Gasteiger partial charge in [-0.2, -0.15) is 0 Å². The molecule has 138 valence electrons. The van der Waals surface area contributed by atoms with E-state index >= 15 is 0 Å². The number of methoxy groups -OCH3 is 1. The smallest absolute Gasteiger partial charge is 0.333 e. The molecule has 0 aromatic heterocycles. The van der Waals surface area contributed by atoms with Crippen LogP contribution in [0.4, 0.5) is 0 Å². The van der Waals surface area contributed by atoms with Crippen LogP contribution >= 0.6 is 0 Å². The number of esters is 1. The van der Waals surface area contributed by atoms with Gasteiger partial charge in [0.25, 0.3) is 0 Å². The van der Waals surface area contributed by atoms with Crippen molar-refractivity contribution in [3.8, 4) is 0 Å². The first-order chi connectivity index (χ1) is 11.8. The van der Waals surface area contributed by atoms with Gasteiger partial charge in [-0.25, -0.2) is 4.79 Å². The number of hydrogen-bond acceptors (Lipinski definition) is 4. The van der Waals surface area contributed by atoms with Crippen LogP contribution in [-0.4, -0.2) is 24.6 Å². The fourth-order valence-electron chi connectivity index (χ4n) is 2.89. The van der Waals surface area contributed by atoms with E-state index in [0.717, 1.165) is 12.8 Å². The highest BCUT2D eigenvalue weighted by atomic mass is 16.5. The van der Waals surface area contributed by atoms with Crippen LogP contribution in [0.1, 0.15) is 59.8 Å². The predicted molar refractivity (Wildman–Crippen MR) is 99.0 cm³/mol. The molecule has 0 aliphatic heterocycles. The Balaban J connectivity index is 3.18. The first kappa shape index (κ1) is 21.1. The number of Topliss-reactive ketones (excluding diaryl/α,β-unsaturated/α-hetero) is 2. The Morgan fingerprint density at radius 1 is 1.16 bits per heavy atom. The highest BCUT2D eigenvalue weighted by molar-refractivity contribution is 6.00. The van der Waals surface area contributed by atoms with E-state index in [2.05, 4.69) is 0 Å². The van der Waals surface area contributed by atoms with E-state index in [1.54, 1.807) is 6.08 Å². The van der Waals surface area contributed by atoms with Crippen LogP contribution in [0.5, 0.6) is 0 Å². The summed E-state index contributed by atoms with van der Waals surface area (Å²) in [6.07, 6.45) is 8.25. The topological polar surface area (TPSA) is 60.4 Å². The summed E-state index contributed by atoms with van der Waals surface area (Å²) in [6, 6.07) is 0. The van der Waals surface area contributed by atoms with Gasteiger partial charge in [0.1, 0.15) is 5.78 Å². The third-order valence-electron chi connectivity index (χ3n) is 4.70. The van der Waals surface area contributed by atoms with E-state index < -0.39 is 5.97 Å². The van der Waals surface area contributed by atoms with Crippen molar-refractivity contribution in [1.82, 2.24) is 0 Å². The minimum Gasteiger partial charge on any atom is -0.466 e. The summed E-state index contributed by atoms with van der Waals surface area (Å²) in [5.74, 6) is -0.890. The summed E-state index contributed by atoms with van der Waals surface area (Å²) in [7, 11) is 1.32.